The van der Waals surface area contributed by atoms with E-state index in [0.717, 1.165) is 22.1 Å². The molecule has 7 aromatic carbocycles. The molecule has 0 N–H and O–H groups in total. The van der Waals surface area contributed by atoms with Crippen LogP contribution in [-0.4, -0.2) is 15.0 Å². The Hall–Kier alpha value is -5.45. The Morgan fingerprint density at radius 3 is 1.79 bits per heavy atom. The highest BCUT2D eigenvalue weighted by atomic mass is 32.1. The monoisotopic (exact) mass is 565 g/mol. The molecule has 4 heteroatoms. The molecule has 0 spiro atoms. The van der Waals surface area contributed by atoms with Gasteiger partial charge in [-0.15, -0.1) is 11.3 Å². The van der Waals surface area contributed by atoms with E-state index in [0.29, 0.717) is 17.5 Å². The summed E-state index contributed by atoms with van der Waals surface area (Å²) in [4.78, 5) is 15.0. The van der Waals surface area contributed by atoms with E-state index in [-0.39, 0.29) is 0 Å². The van der Waals surface area contributed by atoms with Gasteiger partial charge in [0.15, 0.2) is 17.5 Å². The highest BCUT2D eigenvalue weighted by molar-refractivity contribution is 7.26. The van der Waals surface area contributed by atoms with E-state index >= 15 is 0 Å². The summed E-state index contributed by atoms with van der Waals surface area (Å²) in [5, 5.41) is 9.96. The normalized spacial score (nSPS) is 11.7. The van der Waals surface area contributed by atoms with Gasteiger partial charge in [0.05, 0.1) is 0 Å². The summed E-state index contributed by atoms with van der Waals surface area (Å²) >= 11 is 1.86. The molecule has 200 valence electrons. The van der Waals surface area contributed by atoms with Gasteiger partial charge in [-0.2, -0.15) is 0 Å². The van der Waals surface area contributed by atoms with Gasteiger partial charge in [-0.3, -0.25) is 0 Å². The summed E-state index contributed by atoms with van der Waals surface area (Å²) in [6.07, 6.45) is 0. The molecule has 0 aliphatic rings. The summed E-state index contributed by atoms with van der Waals surface area (Å²) in [6.45, 7) is 0. The number of nitrogens with zero attached hydrogens (tertiary/aromatic N) is 3. The number of hydrogen-bond donors (Lipinski definition) is 0. The van der Waals surface area contributed by atoms with E-state index in [1.165, 1.54) is 47.1 Å². The van der Waals surface area contributed by atoms with Gasteiger partial charge in [0.1, 0.15) is 0 Å². The maximum Gasteiger partial charge on any atom is 0.164 e. The zero-order valence-electron chi connectivity index (χ0n) is 23.0. The molecule has 9 rings (SSSR count). The van der Waals surface area contributed by atoms with E-state index in [1.54, 1.807) is 0 Å². The van der Waals surface area contributed by atoms with Crippen molar-refractivity contribution in [3.05, 3.63) is 140 Å². The first kappa shape index (κ1) is 24.2. The summed E-state index contributed by atoms with van der Waals surface area (Å²) in [6, 6.07) is 49.2. The van der Waals surface area contributed by atoms with Crippen LogP contribution in [0.25, 0.3) is 86.7 Å². The lowest BCUT2D eigenvalue weighted by atomic mass is 9.96. The van der Waals surface area contributed by atoms with Gasteiger partial charge in [-0.1, -0.05) is 115 Å². The predicted octanol–water partition coefficient (Wildman–Crippen LogP) is 10.7. The second-order valence-corrected chi connectivity index (χ2v) is 12.0. The number of thiophene rings is 1. The van der Waals surface area contributed by atoms with Crippen molar-refractivity contribution in [3.63, 3.8) is 0 Å². The van der Waals surface area contributed by atoms with Gasteiger partial charge in [0.25, 0.3) is 0 Å². The lowest BCUT2D eigenvalue weighted by molar-refractivity contribution is 1.08. The molecular weight excluding hydrogens is 543 g/mol. The maximum absolute atomic E-state index is 5.04. The third-order valence-corrected chi connectivity index (χ3v) is 9.41. The fraction of sp³-hybridized carbons (Fsp3) is 0. The molecule has 0 unspecified atom stereocenters. The fourth-order valence-corrected chi connectivity index (χ4v) is 7.30. The molecule has 3 nitrogen and oxygen atoms in total. The topological polar surface area (TPSA) is 38.7 Å². The van der Waals surface area contributed by atoms with Crippen molar-refractivity contribution >= 4 is 63.8 Å². The summed E-state index contributed by atoms with van der Waals surface area (Å²) in [5.41, 5.74) is 2.90. The van der Waals surface area contributed by atoms with Crippen LogP contribution in [-0.2, 0) is 0 Å². The molecule has 43 heavy (non-hydrogen) atoms. The number of benzene rings is 7. The summed E-state index contributed by atoms with van der Waals surface area (Å²) in [5.74, 6) is 2.00. The number of rotatable bonds is 3. The second-order valence-electron chi connectivity index (χ2n) is 10.9. The van der Waals surface area contributed by atoms with Crippen LogP contribution in [0.5, 0.6) is 0 Å². The van der Waals surface area contributed by atoms with Crippen LogP contribution in [0.4, 0.5) is 0 Å². The zero-order chi connectivity index (χ0) is 28.3. The number of fused-ring (bicyclic) bond motifs is 8. The van der Waals surface area contributed by atoms with Crippen LogP contribution >= 0.6 is 11.3 Å². The largest absolute Gasteiger partial charge is 0.208 e. The highest BCUT2D eigenvalue weighted by Crippen LogP contribution is 2.41. The Bertz CT molecular complexity index is 2510. The van der Waals surface area contributed by atoms with Gasteiger partial charge in [-0.25, -0.2) is 15.0 Å². The molecule has 9 aromatic rings. The summed E-state index contributed by atoms with van der Waals surface area (Å²) < 4.78 is 2.63. The van der Waals surface area contributed by atoms with E-state index in [1.807, 2.05) is 41.7 Å². The molecule has 0 saturated heterocycles. The molecule has 0 aliphatic carbocycles. The van der Waals surface area contributed by atoms with Gasteiger partial charge >= 0.3 is 0 Å². The van der Waals surface area contributed by atoms with E-state index in [2.05, 4.69) is 109 Å². The van der Waals surface area contributed by atoms with Crippen molar-refractivity contribution in [2.45, 2.75) is 0 Å². The van der Waals surface area contributed by atoms with E-state index in [9.17, 15) is 0 Å². The molecule has 2 heterocycles. The second kappa shape index (κ2) is 9.55. The van der Waals surface area contributed by atoms with Gasteiger partial charge in [0, 0.05) is 36.9 Å². The molecule has 0 radical (unpaired) electrons. The Labute approximate surface area is 251 Å². The standard InChI is InChI=1S/C39H23N3S/c1-2-9-26(10-3-1)37-40-38(29-17-14-24-8-4-5-11-27(24)22-29)42-39(41-37)30-18-20-31-28(23-30)16-15-25-19-21-34-36(35(25)31)32-12-6-7-13-33(32)43-34/h1-23H. The zero-order valence-corrected chi connectivity index (χ0v) is 23.8. The molecule has 0 atom stereocenters. The summed E-state index contributed by atoms with van der Waals surface area (Å²) in [7, 11) is 0. The number of hydrogen-bond acceptors (Lipinski definition) is 4. The quantitative estimate of drug-likeness (QED) is 0.200. The van der Waals surface area contributed by atoms with Crippen molar-refractivity contribution in [1.29, 1.82) is 0 Å². The third-order valence-electron chi connectivity index (χ3n) is 8.27. The minimum absolute atomic E-state index is 0.665. The van der Waals surface area contributed by atoms with Crippen molar-refractivity contribution in [3.8, 4) is 34.2 Å². The van der Waals surface area contributed by atoms with Crippen LogP contribution in [0.1, 0.15) is 0 Å². The first-order chi connectivity index (χ1) is 21.3. The first-order valence-corrected chi connectivity index (χ1v) is 15.2. The van der Waals surface area contributed by atoms with Crippen LogP contribution in [0.3, 0.4) is 0 Å². The molecule has 0 saturated carbocycles. The molecular formula is C39H23N3S. The predicted molar refractivity (Wildman–Crippen MR) is 182 cm³/mol. The van der Waals surface area contributed by atoms with Gasteiger partial charge in [-0.05, 0) is 56.6 Å². The van der Waals surface area contributed by atoms with Crippen LogP contribution in [0, 0.1) is 0 Å². The van der Waals surface area contributed by atoms with Crippen molar-refractivity contribution in [2.24, 2.45) is 0 Å². The number of aromatic nitrogens is 3. The minimum atomic E-state index is 0.665. The fourth-order valence-electron chi connectivity index (χ4n) is 6.19. The SMILES string of the molecule is c1ccc(-c2nc(-c3ccc4ccccc4c3)nc(-c3ccc4c(ccc5ccc6sc7ccccc7c6c54)c3)n2)cc1. The van der Waals surface area contributed by atoms with Crippen molar-refractivity contribution < 1.29 is 0 Å². The Balaban J connectivity index is 1.26. The van der Waals surface area contributed by atoms with Gasteiger partial charge in [0.2, 0.25) is 0 Å². The van der Waals surface area contributed by atoms with Crippen LogP contribution < -0.4 is 0 Å². The third kappa shape index (κ3) is 3.99. The lowest BCUT2D eigenvalue weighted by Crippen LogP contribution is -2.00. The van der Waals surface area contributed by atoms with Crippen molar-refractivity contribution in [2.75, 3.05) is 0 Å². The van der Waals surface area contributed by atoms with E-state index < -0.39 is 0 Å². The Morgan fingerprint density at radius 2 is 0.953 bits per heavy atom. The van der Waals surface area contributed by atoms with Gasteiger partial charge < -0.3 is 0 Å². The Kier molecular flexibility index (Phi) is 5.37. The lowest BCUT2D eigenvalue weighted by Gasteiger charge is -2.11. The molecule has 0 fully saturated rings. The average molecular weight is 566 g/mol. The van der Waals surface area contributed by atoms with Crippen molar-refractivity contribution in [1.82, 2.24) is 15.0 Å². The average Bonchev–Trinajstić information content (AvgIpc) is 3.47. The smallest absolute Gasteiger partial charge is 0.164 e. The molecule has 0 aliphatic heterocycles. The maximum atomic E-state index is 5.04. The van der Waals surface area contributed by atoms with E-state index in [4.69, 9.17) is 15.0 Å². The Morgan fingerprint density at radius 1 is 0.349 bits per heavy atom. The molecule has 2 aromatic heterocycles. The van der Waals surface area contributed by atoms with Crippen LogP contribution in [0.15, 0.2) is 140 Å². The minimum Gasteiger partial charge on any atom is -0.208 e. The molecule has 0 amide bonds. The van der Waals surface area contributed by atoms with Crippen LogP contribution in [0.2, 0.25) is 0 Å². The molecule has 0 bridgehead atoms. The highest BCUT2D eigenvalue weighted by Gasteiger charge is 2.15. The first-order valence-electron chi connectivity index (χ1n) is 14.4.